The van der Waals surface area contributed by atoms with E-state index in [0.717, 1.165) is 38.9 Å². The zero-order valence-electron chi connectivity index (χ0n) is 13.1. The van der Waals surface area contributed by atoms with Crippen molar-refractivity contribution in [3.63, 3.8) is 0 Å². The van der Waals surface area contributed by atoms with Crippen LogP contribution in [0, 0.1) is 0 Å². The Morgan fingerprint density at radius 3 is 2.39 bits per heavy atom. The largest absolute Gasteiger partial charge is 0.394 e. The van der Waals surface area contributed by atoms with Crippen molar-refractivity contribution in [2.45, 2.75) is 71.9 Å². The van der Waals surface area contributed by atoms with Gasteiger partial charge in [-0.25, -0.2) is 0 Å². The third-order valence-corrected chi connectivity index (χ3v) is 3.94. The van der Waals surface area contributed by atoms with Crippen molar-refractivity contribution in [1.82, 2.24) is 10.2 Å². The molecule has 0 fully saturated rings. The highest BCUT2D eigenvalue weighted by Crippen LogP contribution is 2.13. The van der Waals surface area contributed by atoms with Crippen LogP contribution in [0.4, 0.5) is 0 Å². The molecule has 0 heterocycles. The maximum Gasteiger partial charge on any atom is 0.0610 e. The highest BCUT2D eigenvalue weighted by molar-refractivity contribution is 4.82. The van der Waals surface area contributed by atoms with Crippen LogP contribution >= 0.6 is 0 Å². The highest BCUT2D eigenvalue weighted by Gasteiger charge is 2.22. The van der Waals surface area contributed by atoms with Crippen molar-refractivity contribution in [3.05, 3.63) is 0 Å². The lowest BCUT2D eigenvalue weighted by molar-refractivity contribution is 0.150. The van der Waals surface area contributed by atoms with Crippen LogP contribution in [0.5, 0.6) is 0 Å². The molecule has 0 aromatic carbocycles. The highest BCUT2D eigenvalue weighted by atomic mass is 16.3. The number of hydrogen-bond donors (Lipinski definition) is 2. The van der Waals surface area contributed by atoms with E-state index in [4.69, 9.17) is 0 Å². The Kier molecular flexibility index (Phi) is 9.70. The van der Waals surface area contributed by atoms with E-state index in [1.165, 1.54) is 6.42 Å². The van der Waals surface area contributed by atoms with Crippen molar-refractivity contribution in [3.8, 4) is 0 Å². The SMILES string of the molecule is CCCNC(C)(CO)CCCN(CC)C(C)CC. The second-order valence-electron chi connectivity index (χ2n) is 5.63. The Morgan fingerprint density at radius 2 is 1.94 bits per heavy atom. The topological polar surface area (TPSA) is 35.5 Å². The zero-order chi connectivity index (χ0) is 14.0. The standard InChI is InChI=1S/C15H34N2O/c1-6-11-16-15(5,13-18)10-9-12-17(8-3)14(4)7-2/h14,16,18H,6-13H2,1-5H3. The van der Waals surface area contributed by atoms with Crippen molar-refractivity contribution >= 4 is 0 Å². The van der Waals surface area contributed by atoms with Crippen LogP contribution in [0.15, 0.2) is 0 Å². The van der Waals surface area contributed by atoms with E-state index in [1.807, 2.05) is 0 Å². The predicted octanol–water partition coefficient (Wildman–Crippen LogP) is 2.64. The lowest BCUT2D eigenvalue weighted by Crippen LogP contribution is -2.46. The van der Waals surface area contributed by atoms with E-state index in [-0.39, 0.29) is 12.1 Å². The summed E-state index contributed by atoms with van der Waals surface area (Å²) in [5.74, 6) is 0. The molecular formula is C15H34N2O. The second-order valence-corrected chi connectivity index (χ2v) is 5.63. The summed E-state index contributed by atoms with van der Waals surface area (Å²) in [6.45, 7) is 14.5. The van der Waals surface area contributed by atoms with Crippen LogP contribution < -0.4 is 5.32 Å². The molecule has 0 saturated carbocycles. The van der Waals surface area contributed by atoms with Crippen LogP contribution in [-0.4, -0.2) is 47.8 Å². The van der Waals surface area contributed by atoms with Crippen LogP contribution in [0.3, 0.4) is 0 Å². The van der Waals surface area contributed by atoms with Crippen molar-refractivity contribution in [2.24, 2.45) is 0 Å². The number of aliphatic hydroxyl groups is 1. The first-order valence-electron chi connectivity index (χ1n) is 7.62. The Morgan fingerprint density at radius 1 is 1.28 bits per heavy atom. The molecule has 0 bridgehead atoms. The van der Waals surface area contributed by atoms with E-state index in [0.29, 0.717) is 6.04 Å². The molecule has 3 heteroatoms. The Bertz CT molecular complexity index is 199. The summed E-state index contributed by atoms with van der Waals surface area (Å²) in [5, 5.41) is 13.0. The molecular weight excluding hydrogens is 224 g/mol. The van der Waals surface area contributed by atoms with Gasteiger partial charge in [0.1, 0.15) is 0 Å². The second kappa shape index (κ2) is 9.76. The van der Waals surface area contributed by atoms with Gasteiger partial charge in [0.25, 0.3) is 0 Å². The Hall–Kier alpha value is -0.120. The molecule has 2 N–H and O–H groups in total. The number of hydrogen-bond acceptors (Lipinski definition) is 3. The molecule has 0 saturated heterocycles. The van der Waals surface area contributed by atoms with Crippen LogP contribution in [0.25, 0.3) is 0 Å². The molecule has 0 amide bonds. The minimum absolute atomic E-state index is 0.106. The average molecular weight is 258 g/mol. The predicted molar refractivity (Wildman–Crippen MR) is 80.0 cm³/mol. The Labute approximate surface area is 114 Å². The van der Waals surface area contributed by atoms with Gasteiger partial charge in [0.15, 0.2) is 0 Å². The summed E-state index contributed by atoms with van der Waals surface area (Å²) in [7, 11) is 0. The Balaban J connectivity index is 4.04. The summed E-state index contributed by atoms with van der Waals surface area (Å²) in [6.07, 6.45) is 4.51. The molecule has 0 aliphatic carbocycles. The third-order valence-electron chi connectivity index (χ3n) is 3.94. The molecule has 0 spiro atoms. The van der Waals surface area contributed by atoms with E-state index in [2.05, 4.69) is 44.8 Å². The van der Waals surface area contributed by atoms with Gasteiger partial charge >= 0.3 is 0 Å². The fourth-order valence-electron chi connectivity index (χ4n) is 2.27. The van der Waals surface area contributed by atoms with Crippen LogP contribution in [-0.2, 0) is 0 Å². The van der Waals surface area contributed by atoms with Gasteiger partial charge in [0, 0.05) is 11.6 Å². The van der Waals surface area contributed by atoms with Gasteiger partial charge in [-0.15, -0.1) is 0 Å². The lowest BCUT2D eigenvalue weighted by Gasteiger charge is -2.31. The zero-order valence-corrected chi connectivity index (χ0v) is 13.1. The minimum atomic E-state index is -0.106. The molecule has 2 unspecified atom stereocenters. The summed E-state index contributed by atoms with van der Waals surface area (Å²) in [6, 6.07) is 0.666. The smallest absolute Gasteiger partial charge is 0.0610 e. The molecule has 110 valence electrons. The first-order chi connectivity index (χ1) is 8.52. The number of nitrogens with one attached hydrogen (secondary N) is 1. The number of nitrogens with zero attached hydrogens (tertiary/aromatic N) is 1. The molecule has 18 heavy (non-hydrogen) atoms. The molecule has 0 aliphatic heterocycles. The van der Waals surface area contributed by atoms with Crippen LogP contribution in [0.1, 0.15) is 60.3 Å². The van der Waals surface area contributed by atoms with Crippen molar-refractivity contribution in [1.29, 1.82) is 0 Å². The molecule has 0 aromatic rings. The van der Waals surface area contributed by atoms with Gasteiger partial charge in [-0.1, -0.05) is 20.8 Å². The summed E-state index contributed by atoms with van der Waals surface area (Å²) in [4.78, 5) is 2.53. The van der Waals surface area contributed by atoms with E-state index in [9.17, 15) is 5.11 Å². The van der Waals surface area contributed by atoms with E-state index >= 15 is 0 Å². The summed E-state index contributed by atoms with van der Waals surface area (Å²) >= 11 is 0. The first-order valence-corrected chi connectivity index (χ1v) is 7.62. The molecule has 3 nitrogen and oxygen atoms in total. The van der Waals surface area contributed by atoms with E-state index < -0.39 is 0 Å². The van der Waals surface area contributed by atoms with Gasteiger partial charge in [0.05, 0.1) is 6.61 Å². The molecule has 0 radical (unpaired) electrons. The van der Waals surface area contributed by atoms with Crippen molar-refractivity contribution < 1.29 is 5.11 Å². The first kappa shape index (κ1) is 17.9. The molecule has 0 rings (SSSR count). The fourth-order valence-corrected chi connectivity index (χ4v) is 2.27. The maximum atomic E-state index is 9.51. The van der Waals surface area contributed by atoms with Gasteiger partial charge < -0.3 is 15.3 Å². The van der Waals surface area contributed by atoms with Gasteiger partial charge in [-0.3, -0.25) is 0 Å². The quantitative estimate of drug-likeness (QED) is 0.598. The maximum absolute atomic E-state index is 9.51. The minimum Gasteiger partial charge on any atom is -0.394 e. The normalized spacial score (nSPS) is 16.8. The average Bonchev–Trinajstić information content (AvgIpc) is 2.40. The molecule has 0 aromatic heterocycles. The van der Waals surface area contributed by atoms with Gasteiger partial charge in [0.2, 0.25) is 0 Å². The number of rotatable bonds is 11. The summed E-state index contributed by atoms with van der Waals surface area (Å²) < 4.78 is 0. The lowest BCUT2D eigenvalue weighted by atomic mass is 9.96. The molecule has 2 atom stereocenters. The fraction of sp³-hybridized carbons (Fsp3) is 1.00. The van der Waals surface area contributed by atoms with E-state index in [1.54, 1.807) is 0 Å². The monoisotopic (exact) mass is 258 g/mol. The summed E-state index contributed by atoms with van der Waals surface area (Å²) in [5.41, 5.74) is -0.106. The third kappa shape index (κ3) is 6.72. The van der Waals surface area contributed by atoms with Crippen molar-refractivity contribution in [2.75, 3.05) is 26.2 Å². The number of aliphatic hydroxyl groups excluding tert-OH is 1. The van der Waals surface area contributed by atoms with Gasteiger partial charge in [-0.2, -0.15) is 0 Å². The van der Waals surface area contributed by atoms with Gasteiger partial charge in [-0.05, 0) is 59.2 Å². The van der Waals surface area contributed by atoms with Crippen LogP contribution in [0.2, 0.25) is 0 Å². The molecule has 0 aliphatic rings.